The lowest BCUT2D eigenvalue weighted by molar-refractivity contribution is -1.01. The van der Waals surface area contributed by atoms with Crippen LogP contribution in [0.1, 0.15) is 5.56 Å². The maximum Gasteiger partial charge on any atom is 0.279 e. The number of carbonyl (C=O) groups is 1. The molecule has 0 radical (unpaired) electrons. The summed E-state index contributed by atoms with van der Waals surface area (Å²) in [6.45, 7) is 5.82. The largest absolute Gasteiger partial charge is 0.322 e. The van der Waals surface area contributed by atoms with Gasteiger partial charge >= 0.3 is 0 Å². The van der Waals surface area contributed by atoms with E-state index >= 15 is 0 Å². The fraction of sp³-hybridized carbons (Fsp3) is 0.222. The molecule has 4 nitrogen and oxygen atoms in total. The third-order valence-electron chi connectivity index (χ3n) is 5.88. The highest BCUT2D eigenvalue weighted by molar-refractivity contribution is 5.96. The van der Waals surface area contributed by atoms with Gasteiger partial charge in [-0.15, -0.1) is 0 Å². The van der Waals surface area contributed by atoms with Crippen molar-refractivity contribution in [2.24, 2.45) is 0 Å². The molecule has 3 N–H and O–H groups in total. The number of carbonyl (C=O) groups excluding carboxylic acids is 1. The van der Waals surface area contributed by atoms with Gasteiger partial charge in [0, 0.05) is 11.3 Å². The van der Waals surface area contributed by atoms with Gasteiger partial charge in [0.1, 0.15) is 26.2 Å². The number of para-hydroxylation sites is 1. The standard InChI is InChI=1S/C27H29N3O/c31-27(28-26-16-8-7-15-25(26)24-13-5-2-6-14-24)22-30-20-18-29(19-21-30)17-9-12-23-10-3-1-4-11-23/h1-16H,17-22H2,(H,28,31)/p+2/b12-9+. The average molecular weight is 414 g/mol. The summed E-state index contributed by atoms with van der Waals surface area (Å²) >= 11 is 0. The molecule has 0 aromatic heterocycles. The van der Waals surface area contributed by atoms with E-state index < -0.39 is 0 Å². The smallest absolute Gasteiger partial charge is 0.279 e. The Labute approximate surface area is 184 Å². The van der Waals surface area contributed by atoms with E-state index in [-0.39, 0.29) is 5.91 Å². The molecule has 0 aliphatic carbocycles. The van der Waals surface area contributed by atoms with Crippen molar-refractivity contribution in [1.29, 1.82) is 0 Å². The molecular formula is C27H31N3O+2. The van der Waals surface area contributed by atoms with Gasteiger partial charge in [0.05, 0.1) is 6.54 Å². The molecule has 0 bridgehead atoms. The van der Waals surface area contributed by atoms with Crippen molar-refractivity contribution in [2.75, 3.05) is 44.6 Å². The minimum atomic E-state index is 0.0887. The molecule has 158 valence electrons. The van der Waals surface area contributed by atoms with Crippen LogP contribution in [0.5, 0.6) is 0 Å². The second-order valence-corrected chi connectivity index (χ2v) is 8.15. The number of benzene rings is 3. The number of hydrogen-bond donors (Lipinski definition) is 3. The highest BCUT2D eigenvalue weighted by Gasteiger charge is 2.24. The maximum absolute atomic E-state index is 12.7. The fourth-order valence-electron chi connectivity index (χ4n) is 4.15. The second kappa shape index (κ2) is 10.7. The fourth-order valence-corrected chi connectivity index (χ4v) is 4.15. The van der Waals surface area contributed by atoms with Crippen molar-refractivity contribution in [2.45, 2.75) is 0 Å². The summed E-state index contributed by atoms with van der Waals surface area (Å²) in [6, 6.07) is 28.7. The Hall–Kier alpha value is -3.21. The Morgan fingerprint density at radius 2 is 1.39 bits per heavy atom. The summed E-state index contributed by atoms with van der Waals surface area (Å²) in [4.78, 5) is 15.7. The van der Waals surface area contributed by atoms with Crippen LogP contribution in [0, 0.1) is 0 Å². The molecule has 0 unspecified atom stereocenters. The van der Waals surface area contributed by atoms with Crippen molar-refractivity contribution < 1.29 is 14.6 Å². The monoisotopic (exact) mass is 413 g/mol. The van der Waals surface area contributed by atoms with E-state index in [2.05, 4.69) is 59.9 Å². The minimum Gasteiger partial charge on any atom is -0.322 e. The summed E-state index contributed by atoms with van der Waals surface area (Å²) in [7, 11) is 0. The highest BCUT2D eigenvalue weighted by Crippen LogP contribution is 2.27. The van der Waals surface area contributed by atoms with Crippen molar-refractivity contribution >= 4 is 17.7 Å². The van der Waals surface area contributed by atoms with Crippen molar-refractivity contribution in [3.05, 3.63) is 96.6 Å². The first-order valence-corrected chi connectivity index (χ1v) is 11.1. The first-order chi connectivity index (χ1) is 15.3. The van der Waals surface area contributed by atoms with Crippen LogP contribution in [0.4, 0.5) is 5.69 Å². The summed E-state index contributed by atoms with van der Waals surface area (Å²) < 4.78 is 0. The molecule has 3 aromatic carbocycles. The summed E-state index contributed by atoms with van der Waals surface area (Å²) in [5.41, 5.74) is 4.31. The Morgan fingerprint density at radius 1 is 0.774 bits per heavy atom. The summed E-state index contributed by atoms with van der Waals surface area (Å²) in [5, 5.41) is 3.14. The zero-order valence-electron chi connectivity index (χ0n) is 17.9. The molecule has 0 spiro atoms. The molecule has 1 saturated heterocycles. The normalized spacial score (nSPS) is 18.7. The van der Waals surface area contributed by atoms with E-state index in [0.29, 0.717) is 6.54 Å². The van der Waals surface area contributed by atoms with Gasteiger partial charge < -0.3 is 15.1 Å². The van der Waals surface area contributed by atoms with E-state index in [9.17, 15) is 4.79 Å². The first-order valence-electron chi connectivity index (χ1n) is 11.1. The number of amides is 1. The van der Waals surface area contributed by atoms with Crippen LogP contribution < -0.4 is 15.1 Å². The minimum absolute atomic E-state index is 0.0887. The van der Waals surface area contributed by atoms with Crippen LogP contribution in [0.2, 0.25) is 0 Å². The van der Waals surface area contributed by atoms with Gasteiger partial charge in [-0.25, -0.2) is 0 Å². The van der Waals surface area contributed by atoms with Crippen LogP contribution in [0.15, 0.2) is 91.0 Å². The maximum atomic E-state index is 12.7. The van der Waals surface area contributed by atoms with E-state index in [1.165, 1.54) is 10.5 Å². The second-order valence-electron chi connectivity index (χ2n) is 8.15. The third-order valence-corrected chi connectivity index (χ3v) is 5.88. The van der Waals surface area contributed by atoms with E-state index in [4.69, 9.17) is 0 Å². The van der Waals surface area contributed by atoms with Crippen molar-refractivity contribution in [1.82, 2.24) is 0 Å². The SMILES string of the molecule is O=C(C[NH+]1CC[NH+](C/C=C/c2ccccc2)CC1)Nc1ccccc1-c1ccccc1. The molecule has 3 aromatic rings. The van der Waals surface area contributed by atoms with E-state index in [1.54, 1.807) is 4.90 Å². The Kier molecular flexibility index (Phi) is 7.27. The first kappa shape index (κ1) is 21.0. The Bertz CT molecular complexity index is 993. The Morgan fingerprint density at radius 3 is 2.13 bits per heavy atom. The van der Waals surface area contributed by atoms with Crippen LogP contribution in [-0.2, 0) is 4.79 Å². The van der Waals surface area contributed by atoms with E-state index in [1.807, 2.05) is 42.5 Å². The third kappa shape index (κ3) is 6.14. The van der Waals surface area contributed by atoms with Gasteiger partial charge in [-0.05, 0) is 23.3 Å². The van der Waals surface area contributed by atoms with Crippen molar-refractivity contribution in [3.63, 3.8) is 0 Å². The van der Waals surface area contributed by atoms with Gasteiger partial charge in [0.25, 0.3) is 5.91 Å². The molecule has 4 rings (SSSR count). The summed E-state index contributed by atoms with van der Waals surface area (Å²) in [6.07, 6.45) is 4.47. The van der Waals surface area contributed by atoms with Crippen molar-refractivity contribution in [3.8, 4) is 11.1 Å². The van der Waals surface area contributed by atoms with Crippen LogP contribution in [0.25, 0.3) is 17.2 Å². The molecule has 0 saturated carbocycles. The molecule has 1 fully saturated rings. The van der Waals surface area contributed by atoms with Crippen LogP contribution >= 0.6 is 0 Å². The van der Waals surface area contributed by atoms with Crippen LogP contribution in [0.3, 0.4) is 0 Å². The highest BCUT2D eigenvalue weighted by atomic mass is 16.2. The predicted molar refractivity (Wildman–Crippen MR) is 127 cm³/mol. The molecule has 0 atom stereocenters. The van der Waals surface area contributed by atoms with Gasteiger partial charge in [-0.2, -0.15) is 0 Å². The topological polar surface area (TPSA) is 38.0 Å². The van der Waals surface area contributed by atoms with E-state index in [0.717, 1.165) is 49.5 Å². The average Bonchev–Trinajstić information content (AvgIpc) is 2.82. The Balaban J connectivity index is 1.25. The number of anilines is 1. The number of rotatable bonds is 7. The number of nitrogens with one attached hydrogen (secondary N) is 3. The zero-order chi connectivity index (χ0) is 21.3. The summed E-state index contributed by atoms with van der Waals surface area (Å²) in [5.74, 6) is 0.0887. The molecule has 31 heavy (non-hydrogen) atoms. The number of quaternary nitrogens is 2. The molecule has 1 aliphatic heterocycles. The van der Waals surface area contributed by atoms with Gasteiger partial charge in [-0.1, -0.05) is 84.9 Å². The lowest BCUT2D eigenvalue weighted by Crippen LogP contribution is -3.28. The van der Waals surface area contributed by atoms with Gasteiger partial charge in [0.15, 0.2) is 6.54 Å². The van der Waals surface area contributed by atoms with Crippen LogP contribution in [-0.4, -0.2) is 45.2 Å². The molecule has 1 aliphatic rings. The van der Waals surface area contributed by atoms with Gasteiger partial charge in [-0.3, -0.25) is 4.79 Å². The number of hydrogen-bond acceptors (Lipinski definition) is 1. The van der Waals surface area contributed by atoms with Gasteiger partial charge in [0.2, 0.25) is 0 Å². The number of piperazine rings is 1. The quantitative estimate of drug-likeness (QED) is 0.543. The lowest BCUT2D eigenvalue weighted by atomic mass is 10.0. The zero-order valence-corrected chi connectivity index (χ0v) is 17.9. The predicted octanol–water partition coefficient (Wildman–Crippen LogP) is 1.79. The lowest BCUT2D eigenvalue weighted by Gasteiger charge is -2.28. The molecule has 1 heterocycles. The molecule has 1 amide bonds. The molecule has 4 heteroatoms. The molecular weight excluding hydrogens is 382 g/mol.